The summed E-state index contributed by atoms with van der Waals surface area (Å²) >= 11 is 0. The van der Waals surface area contributed by atoms with Gasteiger partial charge in [0.15, 0.2) is 0 Å². The highest BCUT2D eigenvalue weighted by Crippen LogP contribution is 2.32. The molecule has 1 aromatic heterocycles. The third-order valence-corrected chi connectivity index (χ3v) is 1.62. The molecule has 1 heterocycles. The molecule has 0 bridgehead atoms. The highest BCUT2D eigenvalue weighted by atomic mass is 31.2. The van der Waals surface area contributed by atoms with Crippen LogP contribution in [0.15, 0.2) is 22.8 Å². The van der Waals surface area contributed by atoms with E-state index in [2.05, 4.69) is 4.42 Å². The third-order valence-electron chi connectivity index (χ3n) is 0.793. The zero-order valence-electron chi connectivity index (χ0n) is 4.39. The highest BCUT2D eigenvalue weighted by molar-refractivity contribution is 7.59. The molecule has 1 rings (SSSR count). The van der Waals surface area contributed by atoms with Gasteiger partial charge in [-0.15, -0.1) is 0 Å². The SMILES string of the molecule is O=P(O)(O)c1ccco1. The van der Waals surface area contributed by atoms with Crippen LogP contribution in [0.4, 0.5) is 0 Å². The van der Waals surface area contributed by atoms with Gasteiger partial charge in [0.2, 0.25) is 5.50 Å². The van der Waals surface area contributed by atoms with Gasteiger partial charge in [0.05, 0.1) is 6.26 Å². The second-order valence-electron chi connectivity index (χ2n) is 1.50. The Balaban J connectivity index is 3.04. The van der Waals surface area contributed by atoms with E-state index in [4.69, 9.17) is 9.79 Å². The minimum Gasteiger partial charge on any atom is -0.456 e. The third kappa shape index (κ3) is 1.42. The van der Waals surface area contributed by atoms with E-state index in [0.29, 0.717) is 0 Å². The molecule has 5 heteroatoms. The van der Waals surface area contributed by atoms with Crippen LogP contribution in [0.25, 0.3) is 0 Å². The van der Waals surface area contributed by atoms with Gasteiger partial charge in [-0.3, -0.25) is 4.57 Å². The molecule has 0 saturated carbocycles. The quantitative estimate of drug-likeness (QED) is 0.553. The molecular formula is C4H5O4P. The Bertz CT molecular complexity index is 221. The molecule has 0 aromatic carbocycles. The summed E-state index contributed by atoms with van der Waals surface area (Å²) in [4.78, 5) is 16.8. The van der Waals surface area contributed by atoms with E-state index in [0.717, 1.165) is 0 Å². The lowest BCUT2D eigenvalue weighted by molar-refractivity contribution is 0.376. The fourth-order valence-corrected chi connectivity index (χ4v) is 0.914. The number of hydrogen-bond acceptors (Lipinski definition) is 2. The largest absolute Gasteiger partial charge is 0.456 e. The van der Waals surface area contributed by atoms with Crippen LogP contribution in [0.2, 0.25) is 0 Å². The summed E-state index contributed by atoms with van der Waals surface area (Å²) in [6, 6.07) is 2.66. The smallest absolute Gasteiger partial charge is 0.391 e. The zero-order valence-corrected chi connectivity index (χ0v) is 5.28. The Hall–Kier alpha value is -0.570. The van der Waals surface area contributed by atoms with Gasteiger partial charge in [-0.05, 0) is 12.1 Å². The molecule has 50 valence electrons. The van der Waals surface area contributed by atoms with E-state index in [1.807, 2.05) is 0 Å². The standard InChI is InChI=1S/C4H5O4P/c5-9(6,7)4-2-1-3-8-4/h1-3H,(H2,5,6,7). The summed E-state index contributed by atoms with van der Waals surface area (Å²) < 4.78 is 14.7. The van der Waals surface area contributed by atoms with E-state index in [9.17, 15) is 4.57 Å². The van der Waals surface area contributed by atoms with Crippen LogP contribution in [0, 0.1) is 0 Å². The topological polar surface area (TPSA) is 70.7 Å². The first kappa shape index (κ1) is 6.55. The monoisotopic (exact) mass is 148 g/mol. The van der Waals surface area contributed by atoms with Crippen LogP contribution in [-0.4, -0.2) is 9.79 Å². The van der Waals surface area contributed by atoms with Gasteiger partial charge in [0.25, 0.3) is 0 Å². The number of hydrogen-bond donors (Lipinski definition) is 2. The van der Waals surface area contributed by atoms with Crippen LogP contribution in [-0.2, 0) is 4.57 Å². The molecule has 9 heavy (non-hydrogen) atoms. The number of rotatable bonds is 1. The average Bonchev–Trinajstić information content (AvgIpc) is 2.08. The van der Waals surface area contributed by atoms with E-state index in [1.165, 1.54) is 18.4 Å². The maximum absolute atomic E-state index is 10.3. The summed E-state index contributed by atoms with van der Waals surface area (Å²) in [6.45, 7) is 0. The molecule has 0 radical (unpaired) electrons. The van der Waals surface area contributed by atoms with Gasteiger partial charge in [-0.25, -0.2) is 0 Å². The van der Waals surface area contributed by atoms with Gasteiger partial charge in [-0.2, -0.15) is 0 Å². The molecule has 0 aliphatic rings. The van der Waals surface area contributed by atoms with Crippen molar-refractivity contribution in [3.05, 3.63) is 18.4 Å². The zero-order chi connectivity index (χ0) is 6.91. The lowest BCUT2D eigenvalue weighted by atomic mass is 10.7. The molecule has 0 atom stereocenters. The van der Waals surface area contributed by atoms with E-state index < -0.39 is 7.60 Å². The summed E-state index contributed by atoms with van der Waals surface area (Å²) in [6.07, 6.45) is 1.22. The lowest BCUT2D eigenvalue weighted by Gasteiger charge is -1.94. The molecule has 1 aromatic rings. The van der Waals surface area contributed by atoms with Crippen LogP contribution in [0.1, 0.15) is 0 Å². The Labute approximate surface area is 51.3 Å². The molecule has 0 aliphatic carbocycles. The Kier molecular flexibility index (Phi) is 1.45. The fourth-order valence-electron chi connectivity index (χ4n) is 0.436. The molecule has 0 unspecified atom stereocenters. The minimum absolute atomic E-state index is 0.289. The average molecular weight is 148 g/mol. The van der Waals surface area contributed by atoms with Gasteiger partial charge in [-0.1, -0.05) is 0 Å². The van der Waals surface area contributed by atoms with Crippen molar-refractivity contribution in [1.29, 1.82) is 0 Å². The van der Waals surface area contributed by atoms with Crippen molar-refractivity contribution in [3.63, 3.8) is 0 Å². The molecule has 0 amide bonds. The van der Waals surface area contributed by atoms with Gasteiger partial charge < -0.3 is 14.2 Å². The molecule has 0 aliphatic heterocycles. The predicted molar refractivity (Wildman–Crippen MR) is 30.4 cm³/mol. The molecular weight excluding hydrogens is 143 g/mol. The fraction of sp³-hybridized carbons (Fsp3) is 0. The predicted octanol–water partition coefficient (Wildman–Crippen LogP) is 0.0826. The normalized spacial score (nSPS) is 11.8. The van der Waals surface area contributed by atoms with Crippen molar-refractivity contribution in [2.45, 2.75) is 0 Å². The first-order chi connectivity index (χ1) is 4.11. The first-order valence-corrected chi connectivity index (χ1v) is 3.81. The maximum Gasteiger partial charge on any atom is 0.391 e. The van der Waals surface area contributed by atoms with Crippen molar-refractivity contribution >= 4 is 13.1 Å². The minimum atomic E-state index is -4.14. The molecule has 0 fully saturated rings. The maximum atomic E-state index is 10.3. The lowest BCUT2D eigenvalue weighted by Crippen LogP contribution is -1.97. The second-order valence-corrected chi connectivity index (χ2v) is 3.02. The number of furan rings is 1. The van der Waals surface area contributed by atoms with Crippen LogP contribution >= 0.6 is 7.60 Å². The molecule has 2 N–H and O–H groups in total. The van der Waals surface area contributed by atoms with Crippen molar-refractivity contribution in [2.24, 2.45) is 0 Å². The second kappa shape index (κ2) is 1.99. The van der Waals surface area contributed by atoms with Crippen LogP contribution in [0.5, 0.6) is 0 Å². The van der Waals surface area contributed by atoms with Crippen LogP contribution in [0.3, 0.4) is 0 Å². The van der Waals surface area contributed by atoms with Gasteiger partial charge in [0, 0.05) is 0 Å². The molecule has 0 saturated heterocycles. The van der Waals surface area contributed by atoms with Crippen molar-refractivity contribution in [3.8, 4) is 0 Å². The summed E-state index contributed by atoms with van der Waals surface area (Å²) in [7, 11) is -4.14. The van der Waals surface area contributed by atoms with E-state index in [-0.39, 0.29) is 5.50 Å². The van der Waals surface area contributed by atoms with E-state index >= 15 is 0 Å². The highest BCUT2D eigenvalue weighted by Gasteiger charge is 2.19. The summed E-state index contributed by atoms with van der Waals surface area (Å²) in [5.74, 6) is 0. The van der Waals surface area contributed by atoms with E-state index in [1.54, 1.807) is 0 Å². The first-order valence-electron chi connectivity index (χ1n) is 2.20. The van der Waals surface area contributed by atoms with Crippen LogP contribution < -0.4 is 5.50 Å². The van der Waals surface area contributed by atoms with Crippen molar-refractivity contribution in [1.82, 2.24) is 0 Å². The van der Waals surface area contributed by atoms with Gasteiger partial charge >= 0.3 is 7.60 Å². The Morgan fingerprint density at radius 1 is 1.56 bits per heavy atom. The summed E-state index contributed by atoms with van der Waals surface area (Å²) in [5.41, 5.74) is -0.289. The molecule has 0 spiro atoms. The van der Waals surface area contributed by atoms with Gasteiger partial charge in [0.1, 0.15) is 0 Å². The van der Waals surface area contributed by atoms with Crippen molar-refractivity contribution < 1.29 is 18.8 Å². The Morgan fingerprint density at radius 3 is 2.44 bits per heavy atom. The van der Waals surface area contributed by atoms with Crippen molar-refractivity contribution in [2.75, 3.05) is 0 Å². The summed E-state index contributed by atoms with van der Waals surface area (Å²) in [5, 5.41) is 0. The molecule has 4 nitrogen and oxygen atoms in total. The Morgan fingerprint density at radius 2 is 2.22 bits per heavy atom.